The second-order valence-electron chi connectivity index (χ2n) is 6.24. The zero-order chi connectivity index (χ0) is 12.9. The van der Waals surface area contributed by atoms with Gasteiger partial charge in [0, 0.05) is 30.6 Å². The number of amides is 1. The predicted molar refractivity (Wildman–Crippen MR) is 75.3 cm³/mol. The van der Waals surface area contributed by atoms with Crippen LogP contribution in [0.3, 0.4) is 0 Å². The third-order valence-electron chi connectivity index (χ3n) is 5.14. The van der Waals surface area contributed by atoms with Gasteiger partial charge in [0.05, 0.1) is 0 Å². The maximum absolute atomic E-state index is 11.9. The molecule has 4 rings (SSSR count). The lowest BCUT2D eigenvalue weighted by Crippen LogP contribution is -2.35. The maximum Gasteiger partial charge on any atom is 0.226 e. The number of fused-ring (bicyclic) bond motifs is 1. The number of nitrogens with zero attached hydrogens (tertiary/aromatic N) is 1. The highest BCUT2D eigenvalue weighted by Crippen LogP contribution is 2.56. The largest absolute Gasteiger partial charge is 0.316 e. The average molecular weight is 256 g/mol. The van der Waals surface area contributed by atoms with Gasteiger partial charge in [-0.15, -0.1) is 0 Å². The van der Waals surface area contributed by atoms with Crippen LogP contribution in [0, 0.1) is 5.92 Å². The zero-order valence-corrected chi connectivity index (χ0v) is 11.2. The monoisotopic (exact) mass is 256 g/mol. The van der Waals surface area contributed by atoms with Gasteiger partial charge in [0.15, 0.2) is 0 Å². The van der Waals surface area contributed by atoms with E-state index in [1.807, 2.05) is 4.90 Å². The average Bonchev–Trinajstić information content (AvgIpc) is 3.02. The Kier molecular flexibility index (Phi) is 2.46. The molecule has 1 N–H and O–H groups in total. The first kappa shape index (κ1) is 11.5. The molecule has 0 spiro atoms. The summed E-state index contributed by atoms with van der Waals surface area (Å²) in [5.41, 5.74) is 2.95. The van der Waals surface area contributed by atoms with Crippen molar-refractivity contribution in [3.8, 4) is 0 Å². The SMILES string of the molecule is O=C1CCCCN1c1ccc(C23CNCC2C3)cc1. The molecule has 3 nitrogen and oxygen atoms in total. The number of benzene rings is 1. The highest BCUT2D eigenvalue weighted by Gasteiger charge is 2.57. The van der Waals surface area contributed by atoms with Crippen molar-refractivity contribution in [3.05, 3.63) is 29.8 Å². The molecule has 1 aromatic rings. The van der Waals surface area contributed by atoms with Crippen molar-refractivity contribution in [2.45, 2.75) is 31.1 Å². The fourth-order valence-corrected chi connectivity index (χ4v) is 3.84. The van der Waals surface area contributed by atoms with E-state index in [4.69, 9.17) is 0 Å². The van der Waals surface area contributed by atoms with Crippen LogP contribution in [0.1, 0.15) is 31.2 Å². The minimum atomic E-state index is 0.281. The van der Waals surface area contributed by atoms with E-state index in [0.29, 0.717) is 11.8 Å². The van der Waals surface area contributed by atoms with Crippen LogP contribution >= 0.6 is 0 Å². The van der Waals surface area contributed by atoms with Gasteiger partial charge in [0.25, 0.3) is 0 Å². The first-order chi connectivity index (χ1) is 9.29. The van der Waals surface area contributed by atoms with E-state index in [9.17, 15) is 4.79 Å². The normalized spacial score (nSPS) is 33.4. The van der Waals surface area contributed by atoms with Gasteiger partial charge in [-0.1, -0.05) is 12.1 Å². The third kappa shape index (κ3) is 1.71. The fraction of sp³-hybridized carbons (Fsp3) is 0.562. The van der Waals surface area contributed by atoms with Gasteiger partial charge in [-0.05, 0) is 49.4 Å². The van der Waals surface area contributed by atoms with Crippen molar-refractivity contribution in [3.63, 3.8) is 0 Å². The summed E-state index contributed by atoms with van der Waals surface area (Å²) in [6, 6.07) is 8.76. The molecule has 2 unspecified atom stereocenters. The van der Waals surface area contributed by atoms with Crippen LogP contribution in [-0.4, -0.2) is 25.5 Å². The molecule has 1 saturated carbocycles. The van der Waals surface area contributed by atoms with E-state index in [2.05, 4.69) is 29.6 Å². The summed E-state index contributed by atoms with van der Waals surface area (Å²) in [4.78, 5) is 13.9. The smallest absolute Gasteiger partial charge is 0.226 e. The number of carbonyl (C=O) groups is 1. The van der Waals surface area contributed by atoms with Gasteiger partial charge in [0.1, 0.15) is 0 Å². The molecule has 2 aliphatic heterocycles. The first-order valence-corrected chi connectivity index (χ1v) is 7.41. The van der Waals surface area contributed by atoms with Crippen LogP contribution in [0.2, 0.25) is 0 Å². The molecule has 0 bridgehead atoms. The molecule has 0 radical (unpaired) electrons. The van der Waals surface area contributed by atoms with Crippen LogP contribution in [0.4, 0.5) is 5.69 Å². The van der Waals surface area contributed by atoms with Crippen molar-refractivity contribution >= 4 is 11.6 Å². The van der Waals surface area contributed by atoms with Crippen LogP contribution in [0.15, 0.2) is 24.3 Å². The fourth-order valence-electron chi connectivity index (χ4n) is 3.84. The van der Waals surface area contributed by atoms with Crippen molar-refractivity contribution in [2.75, 3.05) is 24.5 Å². The molecule has 19 heavy (non-hydrogen) atoms. The second kappa shape index (κ2) is 4.07. The Morgan fingerprint density at radius 2 is 2.05 bits per heavy atom. The summed E-state index contributed by atoms with van der Waals surface area (Å²) in [7, 11) is 0. The minimum absolute atomic E-state index is 0.281. The molecule has 2 atom stereocenters. The highest BCUT2D eigenvalue weighted by atomic mass is 16.2. The lowest BCUT2D eigenvalue weighted by atomic mass is 9.94. The minimum Gasteiger partial charge on any atom is -0.316 e. The van der Waals surface area contributed by atoms with Gasteiger partial charge in [-0.3, -0.25) is 4.79 Å². The molecular formula is C16H20N2O. The molecular weight excluding hydrogens is 236 g/mol. The molecule has 0 aromatic heterocycles. The van der Waals surface area contributed by atoms with Crippen molar-refractivity contribution in [1.82, 2.24) is 5.32 Å². The van der Waals surface area contributed by atoms with E-state index in [0.717, 1.165) is 37.5 Å². The topological polar surface area (TPSA) is 32.3 Å². The van der Waals surface area contributed by atoms with Crippen LogP contribution in [0.5, 0.6) is 0 Å². The maximum atomic E-state index is 11.9. The van der Waals surface area contributed by atoms with E-state index >= 15 is 0 Å². The van der Waals surface area contributed by atoms with Crippen LogP contribution in [0.25, 0.3) is 0 Å². The molecule has 3 heteroatoms. The number of piperidine rings is 2. The van der Waals surface area contributed by atoms with E-state index in [-0.39, 0.29) is 5.91 Å². The Labute approximate surface area is 114 Å². The standard InChI is InChI=1S/C16H20N2O/c19-15-3-1-2-8-18(15)14-6-4-12(5-7-14)16-9-13(16)10-17-11-16/h4-7,13,17H,1-3,8-11H2. The number of rotatable bonds is 2. The predicted octanol–water partition coefficient (Wildman–Crippen LogP) is 2.06. The summed E-state index contributed by atoms with van der Waals surface area (Å²) >= 11 is 0. The van der Waals surface area contributed by atoms with Gasteiger partial charge in [-0.2, -0.15) is 0 Å². The van der Waals surface area contributed by atoms with Crippen molar-refractivity contribution in [1.29, 1.82) is 0 Å². The Morgan fingerprint density at radius 1 is 1.21 bits per heavy atom. The van der Waals surface area contributed by atoms with Gasteiger partial charge in [0.2, 0.25) is 5.91 Å². The van der Waals surface area contributed by atoms with E-state index in [1.165, 1.54) is 18.5 Å². The number of hydrogen-bond acceptors (Lipinski definition) is 2. The molecule has 100 valence electrons. The number of anilines is 1. The Bertz CT molecular complexity index is 510. The van der Waals surface area contributed by atoms with Crippen LogP contribution in [-0.2, 0) is 10.2 Å². The Hall–Kier alpha value is -1.35. The lowest BCUT2D eigenvalue weighted by molar-refractivity contribution is -0.119. The quantitative estimate of drug-likeness (QED) is 0.878. The first-order valence-electron chi connectivity index (χ1n) is 7.41. The molecule has 3 aliphatic rings. The van der Waals surface area contributed by atoms with Crippen LogP contribution < -0.4 is 10.2 Å². The Balaban J connectivity index is 1.57. The van der Waals surface area contributed by atoms with Gasteiger partial charge < -0.3 is 10.2 Å². The third-order valence-corrected chi connectivity index (χ3v) is 5.14. The van der Waals surface area contributed by atoms with E-state index in [1.54, 1.807) is 0 Å². The zero-order valence-electron chi connectivity index (χ0n) is 11.2. The summed E-state index contributed by atoms with van der Waals surface area (Å²) < 4.78 is 0. The molecule has 1 aliphatic carbocycles. The molecule has 1 amide bonds. The molecule has 2 saturated heterocycles. The lowest BCUT2D eigenvalue weighted by Gasteiger charge is -2.27. The van der Waals surface area contributed by atoms with Crippen molar-refractivity contribution in [2.24, 2.45) is 5.92 Å². The Morgan fingerprint density at radius 3 is 2.68 bits per heavy atom. The second-order valence-corrected chi connectivity index (χ2v) is 6.24. The summed E-state index contributed by atoms with van der Waals surface area (Å²) in [6.45, 7) is 3.18. The molecule has 1 aromatic carbocycles. The molecule has 3 fully saturated rings. The summed E-state index contributed by atoms with van der Waals surface area (Å²) in [5.74, 6) is 1.12. The van der Waals surface area contributed by atoms with Crippen molar-refractivity contribution < 1.29 is 4.79 Å². The van der Waals surface area contributed by atoms with E-state index < -0.39 is 0 Å². The number of hydrogen-bond donors (Lipinski definition) is 1. The number of carbonyl (C=O) groups excluding carboxylic acids is 1. The van der Waals surface area contributed by atoms with Gasteiger partial charge in [-0.25, -0.2) is 0 Å². The summed E-state index contributed by atoms with van der Waals surface area (Å²) in [5, 5.41) is 3.48. The molecule has 2 heterocycles. The summed E-state index contributed by atoms with van der Waals surface area (Å²) in [6.07, 6.45) is 4.22. The number of nitrogens with one attached hydrogen (secondary N) is 1. The highest BCUT2D eigenvalue weighted by molar-refractivity contribution is 5.93. The van der Waals surface area contributed by atoms with Gasteiger partial charge >= 0.3 is 0 Å².